The zero-order valence-corrected chi connectivity index (χ0v) is 9.51. The second-order valence-electron chi connectivity index (χ2n) is 4.08. The maximum Gasteiger partial charge on any atom is 0.116 e. The number of nitrogens with one attached hydrogen (secondary N) is 1. The largest absolute Gasteiger partial charge is 0.508 e. The summed E-state index contributed by atoms with van der Waals surface area (Å²) >= 11 is 0. The minimum Gasteiger partial charge on any atom is -0.508 e. The van der Waals surface area contributed by atoms with Gasteiger partial charge in [-0.15, -0.1) is 0 Å². The van der Waals surface area contributed by atoms with Crippen LogP contribution >= 0.6 is 0 Å². The van der Waals surface area contributed by atoms with Crippen LogP contribution in [0.25, 0.3) is 22.2 Å². The second kappa shape index (κ2) is 3.94. The molecule has 2 aromatic carbocycles. The standard InChI is InChI=1S/C15H10N2O/c16-9-13-12-8-11(18)6-7-14(12)17-15(13)10-4-2-1-3-5-10/h1-8,17-18H. The molecule has 2 N–H and O–H groups in total. The van der Waals surface area contributed by atoms with Crippen molar-refractivity contribution in [3.63, 3.8) is 0 Å². The first-order chi connectivity index (χ1) is 8.79. The van der Waals surface area contributed by atoms with Gasteiger partial charge in [-0.2, -0.15) is 5.26 Å². The van der Waals surface area contributed by atoms with Crippen LogP contribution in [0.4, 0.5) is 0 Å². The predicted octanol–water partition coefficient (Wildman–Crippen LogP) is 3.41. The number of H-pyrrole nitrogens is 1. The highest BCUT2D eigenvalue weighted by molar-refractivity contribution is 5.94. The molecule has 0 bridgehead atoms. The van der Waals surface area contributed by atoms with Gasteiger partial charge in [0, 0.05) is 10.9 Å². The Balaban J connectivity index is 2.34. The lowest BCUT2D eigenvalue weighted by Crippen LogP contribution is -1.80. The summed E-state index contributed by atoms with van der Waals surface area (Å²) in [6, 6.07) is 16.9. The highest BCUT2D eigenvalue weighted by Gasteiger charge is 2.12. The van der Waals surface area contributed by atoms with Crippen molar-refractivity contribution in [1.82, 2.24) is 4.98 Å². The lowest BCUT2D eigenvalue weighted by atomic mass is 10.1. The number of aromatic amines is 1. The number of hydrogen-bond acceptors (Lipinski definition) is 2. The van der Waals surface area contributed by atoms with E-state index in [1.165, 1.54) is 0 Å². The van der Waals surface area contributed by atoms with E-state index < -0.39 is 0 Å². The molecule has 0 aliphatic heterocycles. The summed E-state index contributed by atoms with van der Waals surface area (Å²) in [4.78, 5) is 3.22. The Morgan fingerprint density at radius 2 is 1.83 bits per heavy atom. The van der Waals surface area contributed by atoms with Crippen LogP contribution < -0.4 is 0 Å². The van der Waals surface area contributed by atoms with Crippen molar-refractivity contribution in [2.24, 2.45) is 0 Å². The minimum absolute atomic E-state index is 0.164. The van der Waals surface area contributed by atoms with Gasteiger partial charge in [0.05, 0.1) is 11.3 Å². The van der Waals surface area contributed by atoms with Crippen LogP contribution in [0.15, 0.2) is 48.5 Å². The van der Waals surface area contributed by atoms with Crippen LogP contribution in [0, 0.1) is 11.3 Å². The smallest absolute Gasteiger partial charge is 0.116 e. The maximum atomic E-state index is 9.51. The van der Waals surface area contributed by atoms with E-state index in [9.17, 15) is 10.4 Å². The molecule has 0 radical (unpaired) electrons. The summed E-state index contributed by atoms with van der Waals surface area (Å²) in [5.41, 5.74) is 3.17. The third kappa shape index (κ3) is 1.52. The van der Waals surface area contributed by atoms with Crippen LogP contribution in [0.1, 0.15) is 5.56 Å². The molecule has 0 aliphatic carbocycles. The van der Waals surface area contributed by atoms with Crippen LogP contribution in [0.2, 0.25) is 0 Å². The van der Waals surface area contributed by atoms with Crippen molar-refractivity contribution in [2.75, 3.05) is 0 Å². The van der Waals surface area contributed by atoms with Gasteiger partial charge in [-0.1, -0.05) is 30.3 Å². The maximum absolute atomic E-state index is 9.51. The van der Waals surface area contributed by atoms with Crippen LogP contribution in [0.3, 0.4) is 0 Å². The molecule has 1 aromatic heterocycles. The van der Waals surface area contributed by atoms with Crippen LogP contribution in [0.5, 0.6) is 5.75 Å². The molecule has 0 fully saturated rings. The quantitative estimate of drug-likeness (QED) is 0.677. The molecular formula is C15H10N2O. The molecular weight excluding hydrogens is 224 g/mol. The van der Waals surface area contributed by atoms with E-state index in [1.54, 1.807) is 18.2 Å². The molecule has 0 amide bonds. The van der Waals surface area contributed by atoms with Gasteiger partial charge in [0.2, 0.25) is 0 Å². The molecule has 0 aliphatic rings. The van der Waals surface area contributed by atoms with E-state index in [2.05, 4.69) is 11.1 Å². The Bertz CT molecular complexity index is 751. The molecule has 1 heterocycles. The average molecular weight is 234 g/mol. The summed E-state index contributed by atoms with van der Waals surface area (Å²) in [6.07, 6.45) is 0. The molecule has 0 atom stereocenters. The first-order valence-corrected chi connectivity index (χ1v) is 5.60. The number of nitrogens with zero attached hydrogens (tertiary/aromatic N) is 1. The Kier molecular flexibility index (Phi) is 2.28. The summed E-state index contributed by atoms with van der Waals surface area (Å²) in [6.45, 7) is 0. The third-order valence-corrected chi connectivity index (χ3v) is 2.96. The van der Waals surface area contributed by atoms with Crippen molar-refractivity contribution >= 4 is 10.9 Å². The number of aromatic hydroxyl groups is 1. The van der Waals surface area contributed by atoms with Gasteiger partial charge in [0.15, 0.2) is 0 Å². The number of rotatable bonds is 1. The number of phenols is 1. The predicted molar refractivity (Wildman–Crippen MR) is 70.1 cm³/mol. The van der Waals surface area contributed by atoms with Crippen molar-refractivity contribution in [2.45, 2.75) is 0 Å². The van der Waals surface area contributed by atoms with E-state index in [-0.39, 0.29) is 5.75 Å². The van der Waals surface area contributed by atoms with E-state index in [4.69, 9.17) is 0 Å². The zero-order chi connectivity index (χ0) is 12.5. The lowest BCUT2D eigenvalue weighted by Gasteiger charge is -1.97. The number of benzene rings is 2. The average Bonchev–Trinajstić information content (AvgIpc) is 2.77. The Hall–Kier alpha value is -2.73. The van der Waals surface area contributed by atoms with Gasteiger partial charge in [-0.3, -0.25) is 0 Å². The highest BCUT2D eigenvalue weighted by atomic mass is 16.3. The zero-order valence-electron chi connectivity index (χ0n) is 9.51. The van der Waals surface area contributed by atoms with Crippen molar-refractivity contribution in [1.29, 1.82) is 5.26 Å². The van der Waals surface area contributed by atoms with E-state index in [0.29, 0.717) is 5.56 Å². The number of phenolic OH excluding ortho intramolecular Hbond substituents is 1. The summed E-state index contributed by atoms with van der Waals surface area (Å²) < 4.78 is 0. The van der Waals surface area contributed by atoms with E-state index >= 15 is 0 Å². The SMILES string of the molecule is N#Cc1c(-c2ccccc2)[nH]c2ccc(O)cc12. The highest BCUT2D eigenvalue weighted by Crippen LogP contribution is 2.31. The first-order valence-electron chi connectivity index (χ1n) is 5.60. The Labute approximate surface area is 104 Å². The van der Waals surface area contributed by atoms with E-state index in [1.807, 2.05) is 30.3 Å². The number of fused-ring (bicyclic) bond motifs is 1. The summed E-state index contributed by atoms with van der Waals surface area (Å²) in [5, 5.41) is 19.6. The van der Waals surface area contributed by atoms with Gasteiger partial charge in [-0.05, 0) is 23.8 Å². The monoisotopic (exact) mass is 234 g/mol. The minimum atomic E-state index is 0.164. The van der Waals surface area contributed by atoms with Crippen molar-refractivity contribution in [3.8, 4) is 23.1 Å². The molecule has 86 valence electrons. The first kappa shape index (κ1) is 10.4. The fraction of sp³-hybridized carbons (Fsp3) is 0. The Morgan fingerprint density at radius 3 is 2.56 bits per heavy atom. The molecule has 3 heteroatoms. The third-order valence-electron chi connectivity index (χ3n) is 2.96. The molecule has 3 aromatic rings. The number of hydrogen-bond donors (Lipinski definition) is 2. The van der Waals surface area contributed by atoms with Gasteiger partial charge < -0.3 is 10.1 Å². The van der Waals surface area contributed by atoms with Crippen molar-refractivity contribution in [3.05, 3.63) is 54.1 Å². The van der Waals surface area contributed by atoms with Gasteiger partial charge in [0.25, 0.3) is 0 Å². The fourth-order valence-corrected chi connectivity index (χ4v) is 2.12. The molecule has 0 spiro atoms. The van der Waals surface area contributed by atoms with Crippen LogP contribution in [-0.4, -0.2) is 10.1 Å². The normalized spacial score (nSPS) is 10.4. The lowest BCUT2D eigenvalue weighted by molar-refractivity contribution is 0.476. The van der Waals surface area contributed by atoms with Gasteiger partial charge in [-0.25, -0.2) is 0 Å². The second-order valence-corrected chi connectivity index (χ2v) is 4.08. The number of nitriles is 1. The van der Waals surface area contributed by atoms with Crippen molar-refractivity contribution < 1.29 is 5.11 Å². The Morgan fingerprint density at radius 1 is 1.06 bits per heavy atom. The molecule has 0 saturated carbocycles. The fourth-order valence-electron chi connectivity index (χ4n) is 2.12. The van der Waals surface area contributed by atoms with Crippen LogP contribution in [-0.2, 0) is 0 Å². The van der Waals surface area contributed by atoms with Gasteiger partial charge in [0.1, 0.15) is 11.8 Å². The molecule has 0 unspecified atom stereocenters. The summed E-state index contributed by atoms with van der Waals surface area (Å²) in [7, 11) is 0. The molecule has 3 nitrogen and oxygen atoms in total. The van der Waals surface area contributed by atoms with Gasteiger partial charge >= 0.3 is 0 Å². The molecule has 3 rings (SSSR count). The van der Waals surface area contributed by atoms with E-state index in [0.717, 1.165) is 22.2 Å². The number of aromatic nitrogens is 1. The topological polar surface area (TPSA) is 59.8 Å². The molecule has 0 saturated heterocycles. The molecule has 18 heavy (non-hydrogen) atoms. The summed E-state index contributed by atoms with van der Waals surface area (Å²) in [5.74, 6) is 0.164.